The third-order valence-electron chi connectivity index (χ3n) is 6.74. The molecule has 5 rings (SSSR count). The minimum Gasteiger partial charge on any atom is -0.334 e. The molecule has 0 radical (unpaired) electrons. The fraction of sp³-hybridized carbons (Fsp3) is 0.250. The molecule has 0 bridgehead atoms. The van der Waals surface area contributed by atoms with Gasteiger partial charge >= 0.3 is 0 Å². The lowest BCUT2D eigenvalue weighted by atomic mass is 9.91. The molecule has 6 nitrogen and oxygen atoms in total. The Morgan fingerprint density at radius 1 is 0.974 bits per heavy atom. The summed E-state index contributed by atoms with van der Waals surface area (Å²) in [4.78, 5) is 17.2. The van der Waals surface area contributed by atoms with Crippen LogP contribution in [0.3, 0.4) is 0 Å². The van der Waals surface area contributed by atoms with Crippen molar-refractivity contribution in [2.24, 2.45) is 0 Å². The number of ketones is 1. The van der Waals surface area contributed by atoms with E-state index in [1.807, 2.05) is 0 Å². The van der Waals surface area contributed by atoms with Crippen molar-refractivity contribution in [2.45, 2.75) is 42.9 Å². The van der Waals surface area contributed by atoms with Crippen LogP contribution in [0.4, 0.5) is 8.78 Å². The molecule has 196 valence electrons. The SMILES string of the molecule is CCS(=O)(=O)c1ccc(CC(=O)Cc2cc(F)c(C3(c4noc(-c5ccc(Cl)cc5)n4)CC3)c(F)c2)cc1. The third kappa shape index (κ3) is 5.13. The van der Waals surface area contributed by atoms with Crippen LogP contribution in [0.25, 0.3) is 11.5 Å². The van der Waals surface area contributed by atoms with Gasteiger partial charge in [-0.05, 0) is 72.5 Å². The average molecular weight is 557 g/mol. The number of hydrogen-bond donors (Lipinski definition) is 0. The van der Waals surface area contributed by atoms with Crippen LogP contribution >= 0.6 is 11.6 Å². The first-order chi connectivity index (χ1) is 18.1. The van der Waals surface area contributed by atoms with Gasteiger partial charge in [0, 0.05) is 29.0 Å². The summed E-state index contributed by atoms with van der Waals surface area (Å²) in [6.45, 7) is 1.56. The summed E-state index contributed by atoms with van der Waals surface area (Å²) >= 11 is 5.92. The highest BCUT2D eigenvalue weighted by molar-refractivity contribution is 7.91. The summed E-state index contributed by atoms with van der Waals surface area (Å²) in [5, 5.41) is 4.56. The second kappa shape index (κ2) is 10.0. The van der Waals surface area contributed by atoms with Crippen molar-refractivity contribution in [3.63, 3.8) is 0 Å². The number of Topliss-reactive ketones (excluding diaryl/α,β-unsaturated/α-hetero) is 1. The number of halogens is 3. The topological polar surface area (TPSA) is 90.1 Å². The van der Waals surface area contributed by atoms with E-state index in [1.54, 1.807) is 43.3 Å². The lowest BCUT2D eigenvalue weighted by Gasteiger charge is -2.15. The number of benzene rings is 3. The zero-order valence-corrected chi connectivity index (χ0v) is 22.0. The summed E-state index contributed by atoms with van der Waals surface area (Å²) in [7, 11) is -3.34. The van der Waals surface area contributed by atoms with Gasteiger partial charge in [-0.15, -0.1) is 0 Å². The molecule has 1 aromatic heterocycles. The first kappa shape index (κ1) is 26.2. The first-order valence-corrected chi connectivity index (χ1v) is 14.1. The predicted molar refractivity (Wildman–Crippen MR) is 138 cm³/mol. The second-order valence-corrected chi connectivity index (χ2v) is 12.1. The monoisotopic (exact) mass is 556 g/mol. The van der Waals surface area contributed by atoms with Crippen LogP contribution in [-0.2, 0) is 32.9 Å². The highest BCUT2D eigenvalue weighted by Crippen LogP contribution is 2.54. The molecule has 0 N–H and O–H groups in total. The summed E-state index contributed by atoms with van der Waals surface area (Å²) in [6, 6.07) is 15.2. The average Bonchev–Trinajstić information content (AvgIpc) is 3.51. The summed E-state index contributed by atoms with van der Waals surface area (Å²) in [6.07, 6.45) is 0.766. The number of nitrogens with zero attached hydrogens (tertiary/aromatic N) is 2. The molecular formula is C28H23ClF2N2O4S. The molecule has 1 aliphatic rings. The number of hydrogen-bond acceptors (Lipinski definition) is 6. The van der Waals surface area contributed by atoms with Gasteiger partial charge in [0.2, 0.25) is 0 Å². The molecule has 1 heterocycles. The van der Waals surface area contributed by atoms with E-state index in [1.165, 1.54) is 24.3 Å². The Hall–Kier alpha value is -3.43. The lowest BCUT2D eigenvalue weighted by molar-refractivity contribution is -0.117. The van der Waals surface area contributed by atoms with Gasteiger partial charge in [0.25, 0.3) is 5.89 Å². The molecule has 3 aromatic carbocycles. The smallest absolute Gasteiger partial charge is 0.257 e. The normalized spacial score (nSPS) is 14.4. The standard InChI is InChI=1S/C28H23ClF2N2O4S/c1-2-38(35,36)22-9-3-17(4-10-22)13-21(34)14-18-15-23(30)25(24(31)16-18)28(11-12-28)27-32-26(37-33-27)19-5-7-20(29)8-6-19/h3-10,15-16H,2,11-14H2,1H3. The Balaban J connectivity index is 1.32. The van der Waals surface area contributed by atoms with Gasteiger partial charge in [-0.1, -0.05) is 35.8 Å². The Morgan fingerprint density at radius 3 is 2.16 bits per heavy atom. The van der Waals surface area contributed by atoms with E-state index in [4.69, 9.17) is 16.1 Å². The maximum absolute atomic E-state index is 15.3. The van der Waals surface area contributed by atoms with Crippen molar-refractivity contribution in [2.75, 3.05) is 5.75 Å². The Kier molecular flexibility index (Phi) is 6.92. The second-order valence-electron chi connectivity index (χ2n) is 9.39. The molecule has 0 amide bonds. The molecule has 4 aromatic rings. The predicted octanol–water partition coefficient (Wildman–Crippen LogP) is 5.90. The first-order valence-electron chi connectivity index (χ1n) is 12.0. The van der Waals surface area contributed by atoms with Crippen molar-refractivity contribution in [3.8, 4) is 11.5 Å². The van der Waals surface area contributed by atoms with Crippen LogP contribution in [0.2, 0.25) is 5.02 Å². The Morgan fingerprint density at radius 2 is 1.58 bits per heavy atom. The van der Waals surface area contributed by atoms with Crippen LogP contribution in [0.15, 0.2) is 70.1 Å². The van der Waals surface area contributed by atoms with Crippen molar-refractivity contribution < 1.29 is 26.5 Å². The molecule has 0 unspecified atom stereocenters. The largest absolute Gasteiger partial charge is 0.334 e. The van der Waals surface area contributed by atoms with Gasteiger partial charge in [0.15, 0.2) is 15.7 Å². The fourth-order valence-electron chi connectivity index (χ4n) is 4.52. The third-order valence-corrected chi connectivity index (χ3v) is 8.74. The molecule has 38 heavy (non-hydrogen) atoms. The Bertz CT molecular complexity index is 1590. The minimum atomic E-state index is -3.34. The molecule has 1 aliphatic carbocycles. The number of carbonyl (C=O) groups excluding carboxylic acids is 1. The van der Waals surface area contributed by atoms with Crippen LogP contribution < -0.4 is 0 Å². The molecule has 0 aliphatic heterocycles. The van der Waals surface area contributed by atoms with Gasteiger partial charge in [-0.2, -0.15) is 4.98 Å². The van der Waals surface area contributed by atoms with Crippen LogP contribution in [0.1, 0.15) is 42.3 Å². The van der Waals surface area contributed by atoms with Crippen LogP contribution in [-0.4, -0.2) is 30.1 Å². The van der Waals surface area contributed by atoms with E-state index < -0.39 is 26.9 Å². The van der Waals surface area contributed by atoms with E-state index in [-0.39, 0.29) is 52.1 Å². The molecular weight excluding hydrogens is 534 g/mol. The van der Waals surface area contributed by atoms with Crippen LogP contribution in [0, 0.1) is 11.6 Å². The van der Waals surface area contributed by atoms with E-state index in [2.05, 4.69) is 10.1 Å². The van der Waals surface area contributed by atoms with Gasteiger partial charge in [-0.3, -0.25) is 4.79 Å². The van der Waals surface area contributed by atoms with Crippen LogP contribution in [0.5, 0.6) is 0 Å². The molecule has 0 atom stereocenters. The van der Waals surface area contributed by atoms with Crippen molar-refractivity contribution in [1.82, 2.24) is 10.1 Å². The number of carbonyl (C=O) groups is 1. The van der Waals surface area contributed by atoms with Crippen molar-refractivity contribution in [1.29, 1.82) is 0 Å². The van der Waals surface area contributed by atoms with E-state index in [0.717, 1.165) is 0 Å². The van der Waals surface area contributed by atoms with Gasteiger partial charge < -0.3 is 4.52 Å². The van der Waals surface area contributed by atoms with E-state index in [0.29, 0.717) is 29.0 Å². The molecule has 0 saturated heterocycles. The molecule has 1 fully saturated rings. The van der Waals surface area contributed by atoms with Gasteiger partial charge in [-0.25, -0.2) is 17.2 Å². The fourth-order valence-corrected chi connectivity index (χ4v) is 5.53. The molecule has 0 spiro atoms. The van der Waals surface area contributed by atoms with Gasteiger partial charge in [0.1, 0.15) is 17.4 Å². The summed E-state index contributed by atoms with van der Waals surface area (Å²) < 4.78 is 59.8. The minimum absolute atomic E-state index is 0.0116. The number of sulfone groups is 1. The summed E-state index contributed by atoms with van der Waals surface area (Å²) in [5.41, 5.74) is 0.314. The van der Waals surface area contributed by atoms with Crippen molar-refractivity contribution >= 4 is 27.2 Å². The lowest BCUT2D eigenvalue weighted by Crippen LogP contribution is -2.17. The zero-order valence-electron chi connectivity index (χ0n) is 20.4. The Labute approximate surface area is 223 Å². The summed E-state index contributed by atoms with van der Waals surface area (Å²) in [5.74, 6) is -1.37. The van der Waals surface area contributed by atoms with Crippen molar-refractivity contribution in [3.05, 3.63) is 99.8 Å². The van der Waals surface area contributed by atoms with E-state index in [9.17, 15) is 13.2 Å². The number of aromatic nitrogens is 2. The maximum Gasteiger partial charge on any atom is 0.257 e. The maximum atomic E-state index is 15.3. The highest BCUT2D eigenvalue weighted by atomic mass is 35.5. The zero-order chi connectivity index (χ0) is 27.1. The number of rotatable bonds is 9. The highest BCUT2D eigenvalue weighted by Gasteiger charge is 2.53. The van der Waals surface area contributed by atoms with E-state index >= 15 is 8.78 Å². The quantitative estimate of drug-likeness (QED) is 0.255. The van der Waals surface area contributed by atoms with Gasteiger partial charge in [0.05, 0.1) is 16.1 Å². The molecule has 1 saturated carbocycles. The molecule has 10 heteroatoms.